The third-order valence-electron chi connectivity index (χ3n) is 5.23. The molecule has 0 radical (unpaired) electrons. The Morgan fingerprint density at radius 1 is 0.905 bits per heavy atom. The zero-order chi connectivity index (χ0) is 14.7. The molecule has 3 rings (SSSR count). The number of hydrogen-bond donors (Lipinski definition) is 0. The first-order chi connectivity index (χ1) is 10.3. The highest BCUT2D eigenvalue weighted by Gasteiger charge is 2.26. The zero-order valence-electron chi connectivity index (χ0n) is 13.6. The summed E-state index contributed by atoms with van der Waals surface area (Å²) in [6.07, 6.45) is 2.72. The number of likely N-dealkylation sites (tertiary alicyclic amines) is 1. The highest BCUT2D eigenvalue weighted by molar-refractivity contribution is 5.47. The van der Waals surface area contributed by atoms with Crippen LogP contribution in [0.25, 0.3) is 0 Å². The molecule has 2 saturated heterocycles. The van der Waals surface area contributed by atoms with Gasteiger partial charge in [0, 0.05) is 37.9 Å². The van der Waals surface area contributed by atoms with Gasteiger partial charge in [-0.05, 0) is 51.5 Å². The molecule has 1 aromatic carbocycles. The predicted octanol–water partition coefficient (Wildman–Crippen LogP) is 2.60. The third-order valence-corrected chi connectivity index (χ3v) is 5.23. The van der Waals surface area contributed by atoms with Crippen molar-refractivity contribution in [3.8, 4) is 0 Å². The average Bonchev–Trinajstić information content (AvgIpc) is 2.56. The Bertz CT molecular complexity index is 426. The van der Waals surface area contributed by atoms with Crippen LogP contribution in [0.15, 0.2) is 24.3 Å². The molecule has 2 aliphatic rings. The Morgan fingerprint density at radius 3 is 2.10 bits per heavy atom. The van der Waals surface area contributed by atoms with Crippen molar-refractivity contribution in [1.29, 1.82) is 0 Å². The Morgan fingerprint density at radius 2 is 1.52 bits per heavy atom. The van der Waals surface area contributed by atoms with Gasteiger partial charge in [-0.15, -0.1) is 0 Å². The zero-order valence-corrected chi connectivity index (χ0v) is 13.6. The molecule has 21 heavy (non-hydrogen) atoms. The number of hydrogen-bond acceptors (Lipinski definition) is 3. The van der Waals surface area contributed by atoms with E-state index in [9.17, 15) is 0 Å². The monoisotopic (exact) mass is 287 g/mol. The second-order valence-electron chi connectivity index (χ2n) is 6.52. The van der Waals surface area contributed by atoms with Crippen molar-refractivity contribution >= 4 is 5.69 Å². The van der Waals surface area contributed by atoms with E-state index in [1.165, 1.54) is 69.9 Å². The Labute approximate surface area is 129 Å². The average molecular weight is 287 g/mol. The first kappa shape index (κ1) is 14.9. The molecule has 2 fully saturated rings. The van der Waals surface area contributed by atoms with E-state index in [-0.39, 0.29) is 0 Å². The van der Waals surface area contributed by atoms with Gasteiger partial charge in [0.15, 0.2) is 0 Å². The molecule has 0 unspecified atom stereocenters. The van der Waals surface area contributed by atoms with Crippen LogP contribution in [-0.2, 0) is 0 Å². The smallest absolute Gasteiger partial charge is 0.0367 e. The fourth-order valence-electron chi connectivity index (χ4n) is 3.70. The van der Waals surface area contributed by atoms with Crippen molar-refractivity contribution in [3.05, 3.63) is 29.8 Å². The first-order valence-electron chi connectivity index (χ1n) is 8.54. The van der Waals surface area contributed by atoms with Crippen LogP contribution in [0.5, 0.6) is 0 Å². The molecule has 116 valence electrons. The topological polar surface area (TPSA) is 9.72 Å². The summed E-state index contributed by atoms with van der Waals surface area (Å²) in [5, 5.41) is 0. The maximum Gasteiger partial charge on any atom is 0.0367 e. The van der Waals surface area contributed by atoms with Crippen molar-refractivity contribution in [2.45, 2.75) is 32.7 Å². The molecule has 0 aliphatic carbocycles. The van der Waals surface area contributed by atoms with Gasteiger partial charge in [-0.1, -0.05) is 24.6 Å². The maximum absolute atomic E-state index is 2.73. The van der Waals surface area contributed by atoms with Crippen molar-refractivity contribution in [1.82, 2.24) is 9.80 Å². The summed E-state index contributed by atoms with van der Waals surface area (Å²) < 4.78 is 0. The lowest BCUT2D eigenvalue weighted by molar-refractivity contribution is 0.106. The minimum Gasteiger partial charge on any atom is -0.369 e. The predicted molar refractivity (Wildman–Crippen MR) is 90.1 cm³/mol. The molecule has 0 aromatic heterocycles. The number of aryl methyl sites for hydroxylation is 1. The summed E-state index contributed by atoms with van der Waals surface area (Å²) in [5.74, 6) is 0. The lowest BCUT2D eigenvalue weighted by atomic mass is 10.0. The van der Waals surface area contributed by atoms with Gasteiger partial charge >= 0.3 is 0 Å². The number of benzene rings is 1. The molecule has 2 aliphatic heterocycles. The number of nitrogens with zero attached hydrogens (tertiary/aromatic N) is 3. The molecule has 0 bridgehead atoms. The Hall–Kier alpha value is -1.06. The van der Waals surface area contributed by atoms with Gasteiger partial charge in [0.2, 0.25) is 0 Å². The second kappa shape index (κ2) is 6.80. The van der Waals surface area contributed by atoms with Gasteiger partial charge in [0.25, 0.3) is 0 Å². The molecular weight excluding hydrogens is 258 g/mol. The molecule has 2 heterocycles. The second-order valence-corrected chi connectivity index (χ2v) is 6.52. The van der Waals surface area contributed by atoms with Crippen LogP contribution in [0.2, 0.25) is 0 Å². The van der Waals surface area contributed by atoms with Gasteiger partial charge in [0.05, 0.1) is 0 Å². The number of piperidine rings is 1. The summed E-state index contributed by atoms with van der Waals surface area (Å²) in [7, 11) is 0. The minimum atomic E-state index is 0.827. The molecule has 0 atom stereocenters. The van der Waals surface area contributed by atoms with Gasteiger partial charge in [0.1, 0.15) is 0 Å². The van der Waals surface area contributed by atoms with Crippen molar-refractivity contribution in [3.63, 3.8) is 0 Å². The van der Waals surface area contributed by atoms with Crippen molar-refractivity contribution in [2.24, 2.45) is 0 Å². The lowest BCUT2D eigenvalue weighted by Crippen LogP contribution is -2.53. The van der Waals surface area contributed by atoms with E-state index in [4.69, 9.17) is 0 Å². The molecule has 1 aromatic rings. The number of piperazine rings is 1. The van der Waals surface area contributed by atoms with Crippen LogP contribution < -0.4 is 4.90 Å². The van der Waals surface area contributed by atoms with Crippen LogP contribution in [0.1, 0.15) is 25.3 Å². The van der Waals surface area contributed by atoms with Crippen LogP contribution in [0.3, 0.4) is 0 Å². The molecule has 3 heteroatoms. The Kier molecular flexibility index (Phi) is 4.81. The summed E-state index contributed by atoms with van der Waals surface area (Å²) >= 11 is 0. The van der Waals surface area contributed by atoms with Crippen LogP contribution >= 0.6 is 0 Å². The fourth-order valence-corrected chi connectivity index (χ4v) is 3.70. The molecule has 0 N–H and O–H groups in total. The van der Waals surface area contributed by atoms with E-state index in [1.807, 2.05) is 0 Å². The number of anilines is 1. The van der Waals surface area contributed by atoms with Gasteiger partial charge in [-0.2, -0.15) is 0 Å². The van der Waals surface area contributed by atoms with E-state index in [2.05, 4.69) is 52.8 Å². The van der Waals surface area contributed by atoms with Crippen LogP contribution in [0, 0.1) is 6.92 Å². The highest BCUT2D eigenvalue weighted by Crippen LogP contribution is 2.21. The summed E-state index contributed by atoms with van der Waals surface area (Å²) in [6, 6.07) is 9.81. The highest BCUT2D eigenvalue weighted by atomic mass is 15.3. The SMILES string of the molecule is CCN1CCC(N2CCN(c3ccc(C)cc3)CC2)CC1. The van der Waals surface area contributed by atoms with E-state index >= 15 is 0 Å². The van der Waals surface area contributed by atoms with Crippen molar-refractivity contribution in [2.75, 3.05) is 50.7 Å². The van der Waals surface area contributed by atoms with Crippen LogP contribution in [0.4, 0.5) is 5.69 Å². The third kappa shape index (κ3) is 3.58. The van der Waals surface area contributed by atoms with E-state index in [0.717, 1.165) is 6.04 Å². The van der Waals surface area contributed by atoms with Gasteiger partial charge in [-0.25, -0.2) is 0 Å². The standard InChI is InChI=1S/C18H29N3/c1-3-19-10-8-18(9-11-19)21-14-12-20(13-15-21)17-6-4-16(2)5-7-17/h4-7,18H,3,8-15H2,1-2H3. The maximum atomic E-state index is 2.73. The van der Waals surface area contributed by atoms with Gasteiger partial charge < -0.3 is 9.80 Å². The minimum absolute atomic E-state index is 0.827. The normalized spacial score (nSPS) is 22.7. The van der Waals surface area contributed by atoms with Crippen LogP contribution in [-0.4, -0.2) is 61.7 Å². The van der Waals surface area contributed by atoms with E-state index in [1.54, 1.807) is 0 Å². The quantitative estimate of drug-likeness (QED) is 0.846. The summed E-state index contributed by atoms with van der Waals surface area (Å²) in [4.78, 5) is 7.86. The molecule has 3 nitrogen and oxygen atoms in total. The number of rotatable bonds is 3. The fraction of sp³-hybridized carbons (Fsp3) is 0.667. The molecule has 0 amide bonds. The lowest BCUT2D eigenvalue weighted by Gasteiger charge is -2.43. The van der Waals surface area contributed by atoms with Gasteiger partial charge in [-0.3, -0.25) is 4.90 Å². The summed E-state index contributed by atoms with van der Waals surface area (Å²) in [6.45, 7) is 13.0. The molecular formula is C18H29N3. The Balaban J connectivity index is 1.50. The first-order valence-corrected chi connectivity index (χ1v) is 8.54. The van der Waals surface area contributed by atoms with E-state index < -0.39 is 0 Å². The van der Waals surface area contributed by atoms with Crippen molar-refractivity contribution < 1.29 is 0 Å². The molecule has 0 saturated carbocycles. The molecule has 0 spiro atoms. The summed E-state index contributed by atoms with van der Waals surface area (Å²) in [5.41, 5.74) is 2.74. The largest absolute Gasteiger partial charge is 0.369 e. The van der Waals surface area contributed by atoms with E-state index in [0.29, 0.717) is 0 Å².